The third-order valence-electron chi connectivity index (χ3n) is 6.51. The number of para-hydroxylation sites is 1. The standard InChI is InChI=1S/C22H33N3O2/c1-2-19-7-5-6-10-24(19)17-22(26)25-16-18(15-23-11-13-27-14-12-23)20-8-3-4-9-21(20)25/h3-4,8-9,18-19H,2,5-7,10-17H2,1H3/t18-,19-/m0/s1. The van der Waals surface area contributed by atoms with E-state index < -0.39 is 0 Å². The van der Waals surface area contributed by atoms with Gasteiger partial charge in [-0.2, -0.15) is 0 Å². The van der Waals surface area contributed by atoms with Crippen molar-refractivity contribution in [1.29, 1.82) is 0 Å². The van der Waals surface area contributed by atoms with E-state index in [1.165, 1.54) is 24.8 Å². The molecule has 4 rings (SSSR count). The molecule has 1 amide bonds. The lowest BCUT2D eigenvalue weighted by Gasteiger charge is -2.35. The molecule has 27 heavy (non-hydrogen) atoms. The first-order chi connectivity index (χ1) is 13.3. The Morgan fingerprint density at radius 1 is 1.15 bits per heavy atom. The van der Waals surface area contributed by atoms with E-state index in [9.17, 15) is 4.79 Å². The average molecular weight is 372 g/mol. The van der Waals surface area contributed by atoms with E-state index in [1.807, 2.05) is 0 Å². The van der Waals surface area contributed by atoms with Crippen LogP contribution in [-0.4, -0.2) is 74.2 Å². The minimum atomic E-state index is 0.271. The molecular weight excluding hydrogens is 338 g/mol. The normalized spacial score (nSPS) is 26.9. The van der Waals surface area contributed by atoms with Gasteiger partial charge in [-0.3, -0.25) is 14.6 Å². The van der Waals surface area contributed by atoms with Crippen LogP contribution in [0.2, 0.25) is 0 Å². The van der Waals surface area contributed by atoms with Crippen molar-refractivity contribution in [1.82, 2.24) is 9.80 Å². The molecule has 3 heterocycles. The van der Waals surface area contributed by atoms with Gasteiger partial charge in [-0.1, -0.05) is 31.5 Å². The molecule has 2 atom stereocenters. The number of likely N-dealkylation sites (tertiary alicyclic amines) is 1. The average Bonchev–Trinajstić information content (AvgIpc) is 3.08. The summed E-state index contributed by atoms with van der Waals surface area (Å²) in [4.78, 5) is 20.2. The predicted octanol–water partition coefficient (Wildman–Crippen LogP) is 2.71. The zero-order valence-corrected chi connectivity index (χ0v) is 16.6. The molecule has 3 aliphatic heterocycles. The van der Waals surface area contributed by atoms with E-state index in [1.54, 1.807) is 0 Å². The van der Waals surface area contributed by atoms with Gasteiger partial charge in [0, 0.05) is 43.8 Å². The van der Waals surface area contributed by atoms with Gasteiger partial charge in [0.15, 0.2) is 0 Å². The van der Waals surface area contributed by atoms with Gasteiger partial charge < -0.3 is 9.64 Å². The number of hydrogen-bond donors (Lipinski definition) is 0. The van der Waals surface area contributed by atoms with Crippen molar-refractivity contribution in [3.8, 4) is 0 Å². The molecule has 0 spiro atoms. The van der Waals surface area contributed by atoms with E-state index >= 15 is 0 Å². The van der Waals surface area contributed by atoms with Crippen LogP contribution < -0.4 is 4.90 Å². The Morgan fingerprint density at radius 3 is 2.78 bits per heavy atom. The van der Waals surface area contributed by atoms with Crippen molar-refractivity contribution in [2.45, 2.75) is 44.6 Å². The Balaban J connectivity index is 1.45. The number of anilines is 1. The van der Waals surface area contributed by atoms with Gasteiger partial charge in [-0.05, 0) is 37.4 Å². The number of carbonyl (C=O) groups is 1. The summed E-state index contributed by atoms with van der Waals surface area (Å²) in [7, 11) is 0. The number of nitrogens with zero attached hydrogens (tertiary/aromatic N) is 3. The maximum atomic E-state index is 13.2. The van der Waals surface area contributed by atoms with E-state index in [2.05, 4.69) is 45.9 Å². The van der Waals surface area contributed by atoms with Gasteiger partial charge in [0.25, 0.3) is 0 Å². The third kappa shape index (κ3) is 4.20. The molecule has 0 saturated carbocycles. The zero-order chi connectivity index (χ0) is 18.6. The summed E-state index contributed by atoms with van der Waals surface area (Å²) in [6.45, 7) is 9.36. The molecule has 0 N–H and O–H groups in total. The quantitative estimate of drug-likeness (QED) is 0.797. The van der Waals surface area contributed by atoms with Crippen molar-refractivity contribution in [2.24, 2.45) is 0 Å². The van der Waals surface area contributed by atoms with Crippen LogP contribution >= 0.6 is 0 Å². The fourth-order valence-electron chi connectivity index (χ4n) is 4.97. The van der Waals surface area contributed by atoms with Crippen LogP contribution in [0, 0.1) is 0 Å². The fourth-order valence-corrected chi connectivity index (χ4v) is 4.97. The lowest BCUT2D eigenvalue weighted by atomic mass is 10.00. The molecule has 1 aromatic rings. The van der Waals surface area contributed by atoms with Crippen LogP contribution in [0.3, 0.4) is 0 Å². The van der Waals surface area contributed by atoms with Gasteiger partial charge in [-0.15, -0.1) is 0 Å². The summed E-state index contributed by atoms with van der Waals surface area (Å²) in [6, 6.07) is 9.08. The van der Waals surface area contributed by atoms with Crippen molar-refractivity contribution in [3.63, 3.8) is 0 Å². The van der Waals surface area contributed by atoms with Gasteiger partial charge in [-0.25, -0.2) is 0 Å². The maximum absolute atomic E-state index is 13.2. The van der Waals surface area contributed by atoms with E-state index in [0.29, 0.717) is 18.5 Å². The smallest absolute Gasteiger partial charge is 0.241 e. The molecule has 2 fully saturated rings. The van der Waals surface area contributed by atoms with Crippen LogP contribution in [0.25, 0.3) is 0 Å². The maximum Gasteiger partial charge on any atom is 0.241 e. The third-order valence-corrected chi connectivity index (χ3v) is 6.51. The monoisotopic (exact) mass is 371 g/mol. The first kappa shape index (κ1) is 18.9. The first-order valence-electron chi connectivity index (χ1n) is 10.7. The van der Waals surface area contributed by atoms with E-state index in [4.69, 9.17) is 4.74 Å². The second-order valence-corrected chi connectivity index (χ2v) is 8.20. The molecule has 0 aliphatic carbocycles. The SMILES string of the molecule is CC[C@H]1CCCCN1CC(=O)N1C[C@H](CN2CCOCC2)c2ccccc21. The lowest BCUT2D eigenvalue weighted by molar-refractivity contribution is -0.120. The Hall–Kier alpha value is -1.43. The molecular formula is C22H33N3O2. The highest BCUT2D eigenvalue weighted by atomic mass is 16.5. The summed E-state index contributed by atoms with van der Waals surface area (Å²) in [5.74, 6) is 0.679. The van der Waals surface area contributed by atoms with E-state index in [0.717, 1.165) is 58.0 Å². The molecule has 2 saturated heterocycles. The Bertz CT molecular complexity index is 644. The van der Waals surface area contributed by atoms with E-state index in [-0.39, 0.29) is 5.91 Å². The molecule has 1 aromatic carbocycles. The largest absolute Gasteiger partial charge is 0.379 e. The summed E-state index contributed by atoms with van der Waals surface area (Å²) in [6.07, 6.45) is 4.90. The van der Waals surface area contributed by atoms with Crippen molar-refractivity contribution in [3.05, 3.63) is 29.8 Å². The Morgan fingerprint density at radius 2 is 1.96 bits per heavy atom. The first-order valence-corrected chi connectivity index (χ1v) is 10.7. The zero-order valence-electron chi connectivity index (χ0n) is 16.6. The number of piperidine rings is 1. The highest BCUT2D eigenvalue weighted by Crippen LogP contribution is 2.37. The van der Waals surface area contributed by atoms with Crippen LogP contribution in [0.1, 0.15) is 44.1 Å². The number of carbonyl (C=O) groups excluding carboxylic acids is 1. The topological polar surface area (TPSA) is 36.0 Å². The van der Waals surface area contributed by atoms with Crippen LogP contribution in [0.5, 0.6) is 0 Å². The number of benzene rings is 1. The van der Waals surface area contributed by atoms with Crippen molar-refractivity contribution < 1.29 is 9.53 Å². The highest BCUT2D eigenvalue weighted by molar-refractivity contribution is 5.97. The number of amides is 1. The minimum absolute atomic E-state index is 0.271. The van der Waals surface area contributed by atoms with Gasteiger partial charge in [0.05, 0.1) is 19.8 Å². The summed E-state index contributed by atoms with van der Waals surface area (Å²) < 4.78 is 5.49. The summed E-state index contributed by atoms with van der Waals surface area (Å²) >= 11 is 0. The van der Waals surface area contributed by atoms with Gasteiger partial charge in [0.1, 0.15) is 0 Å². The fraction of sp³-hybridized carbons (Fsp3) is 0.682. The van der Waals surface area contributed by atoms with Crippen LogP contribution in [0.4, 0.5) is 5.69 Å². The summed E-state index contributed by atoms with van der Waals surface area (Å²) in [5, 5.41) is 0. The molecule has 5 nitrogen and oxygen atoms in total. The second-order valence-electron chi connectivity index (χ2n) is 8.20. The molecule has 0 unspecified atom stereocenters. The number of rotatable bonds is 5. The molecule has 3 aliphatic rings. The predicted molar refractivity (Wildman–Crippen MR) is 108 cm³/mol. The second kappa shape index (κ2) is 8.72. The van der Waals surface area contributed by atoms with Crippen LogP contribution in [-0.2, 0) is 9.53 Å². The van der Waals surface area contributed by atoms with Gasteiger partial charge >= 0.3 is 0 Å². The molecule has 148 valence electrons. The van der Waals surface area contributed by atoms with Crippen LogP contribution in [0.15, 0.2) is 24.3 Å². The molecule has 0 radical (unpaired) electrons. The molecule has 0 aromatic heterocycles. The number of fused-ring (bicyclic) bond motifs is 1. The number of morpholine rings is 1. The Kier molecular flexibility index (Phi) is 6.11. The lowest BCUT2D eigenvalue weighted by Crippen LogP contribution is -2.47. The molecule has 5 heteroatoms. The number of hydrogen-bond acceptors (Lipinski definition) is 4. The summed E-state index contributed by atoms with van der Waals surface area (Å²) in [5.41, 5.74) is 2.47. The minimum Gasteiger partial charge on any atom is -0.379 e. The van der Waals surface area contributed by atoms with Crippen molar-refractivity contribution >= 4 is 11.6 Å². The highest BCUT2D eigenvalue weighted by Gasteiger charge is 2.34. The van der Waals surface area contributed by atoms with Crippen molar-refractivity contribution in [2.75, 3.05) is 57.4 Å². The molecule has 0 bridgehead atoms. The van der Waals surface area contributed by atoms with Gasteiger partial charge in [0.2, 0.25) is 5.91 Å². The Labute approximate surface area is 163 Å². The number of ether oxygens (including phenoxy) is 1.